The molecule has 4 rings (SSSR count). The van der Waals surface area contributed by atoms with Crippen LogP contribution in [0.25, 0.3) is 0 Å². The SMILES string of the molecule is OC(COc1ccccc1)CN(Cc1ccccc1)CC1CCc2cc(Br)ccc2O1. The Balaban J connectivity index is 1.38. The molecule has 0 spiro atoms. The van der Waals surface area contributed by atoms with Crippen molar-refractivity contribution < 1.29 is 14.6 Å². The molecule has 3 aromatic carbocycles. The molecule has 0 bridgehead atoms. The number of rotatable bonds is 9. The fraction of sp³-hybridized carbons (Fsp3) is 0.308. The largest absolute Gasteiger partial charge is 0.491 e. The normalized spacial score (nSPS) is 16.4. The average Bonchev–Trinajstić information content (AvgIpc) is 2.79. The first kappa shape index (κ1) is 21.9. The smallest absolute Gasteiger partial charge is 0.123 e. The third-order valence-electron chi connectivity index (χ3n) is 5.42. The van der Waals surface area contributed by atoms with E-state index in [-0.39, 0.29) is 12.7 Å². The summed E-state index contributed by atoms with van der Waals surface area (Å²) in [6, 6.07) is 26.2. The zero-order valence-electron chi connectivity index (χ0n) is 17.5. The number of aryl methyl sites for hydroxylation is 1. The Morgan fingerprint density at radius 3 is 2.55 bits per heavy atom. The van der Waals surface area contributed by atoms with Crippen LogP contribution in [0.3, 0.4) is 0 Å². The highest BCUT2D eigenvalue weighted by Crippen LogP contribution is 2.30. The topological polar surface area (TPSA) is 41.9 Å². The minimum Gasteiger partial charge on any atom is -0.491 e. The van der Waals surface area contributed by atoms with Crippen molar-refractivity contribution in [3.05, 3.63) is 94.5 Å². The summed E-state index contributed by atoms with van der Waals surface area (Å²) in [5.41, 5.74) is 2.47. The van der Waals surface area contributed by atoms with Gasteiger partial charge in [-0.25, -0.2) is 0 Å². The van der Waals surface area contributed by atoms with Crippen LogP contribution < -0.4 is 9.47 Å². The van der Waals surface area contributed by atoms with Gasteiger partial charge in [-0.2, -0.15) is 0 Å². The molecule has 5 heteroatoms. The standard InChI is InChI=1S/C26H28BrNO3/c27-22-12-14-26-21(15-22)11-13-25(31-26)18-28(16-20-7-3-1-4-8-20)17-23(29)19-30-24-9-5-2-6-10-24/h1-10,12,14-15,23,25,29H,11,13,16-19H2. The molecule has 4 nitrogen and oxygen atoms in total. The van der Waals surface area contributed by atoms with Gasteiger partial charge in [-0.3, -0.25) is 4.90 Å². The molecule has 0 aliphatic carbocycles. The molecule has 1 aliphatic heterocycles. The second-order valence-corrected chi connectivity index (χ2v) is 8.90. The Labute approximate surface area is 192 Å². The van der Waals surface area contributed by atoms with Crippen LogP contribution in [-0.2, 0) is 13.0 Å². The Morgan fingerprint density at radius 2 is 1.77 bits per heavy atom. The second kappa shape index (κ2) is 10.8. The molecule has 2 atom stereocenters. The number of nitrogens with zero attached hydrogens (tertiary/aromatic N) is 1. The van der Waals surface area contributed by atoms with Gasteiger partial charge in [-0.15, -0.1) is 0 Å². The molecule has 0 aromatic heterocycles. The third kappa shape index (κ3) is 6.57. The van der Waals surface area contributed by atoms with E-state index in [1.165, 1.54) is 11.1 Å². The molecular weight excluding hydrogens is 454 g/mol. The molecule has 0 saturated carbocycles. The minimum atomic E-state index is -0.587. The quantitative estimate of drug-likeness (QED) is 0.462. The predicted octanol–water partition coefficient (Wildman–Crippen LogP) is 5.08. The van der Waals surface area contributed by atoms with Gasteiger partial charge in [-0.05, 0) is 54.3 Å². The number of halogens is 1. The van der Waals surface area contributed by atoms with Crippen molar-refractivity contribution >= 4 is 15.9 Å². The molecule has 1 N–H and O–H groups in total. The van der Waals surface area contributed by atoms with Crippen LogP contribution in [0.2, 0.25) is 0 Å². The maximum Gasteiger partial charge on any atom is 0.123 e. The van der Waals surface area contributed by atoms with Crippen molar-refractivity contribution in [1.29, 1.82) is 0 Å². The van der Waals surface area contributed by atoms with Crippen molar-refractivity contribution in [2.24, 2.45) is 0 Å². The van der Waals surface area contributed by atoms with Crippen molar-refractivity contribution in [2.45, 2.75) is 31.6 Å². The van der Waals surface area contributed by atoms with E-state index in [2.05, 4.69) is 39.0 Å². The first-order valence-corrected chi connectivity index (χ1v) is 11.5. The van der Waals surface area contributed by atoms with E-state index in [0.29, 0.717) is 6.54 Å². The molecule has 0 fully saturated rings. The number of fused-ring (bicyclic) bond motifs is 1. The molecular formula is C26H28BrNO3. The van der Waals surface area contributed by atoms with Gasteiger partial charge in [0.05, 0.1) is 0 Å². The monoisotopic (exact) mass is 481 g/mol. The Hall–Kier alpha value is -2.34. The number of aliphatic hydroxyl groups is 1. The lowest BCUT2D eigenvalue weighted by Crippen LogP contribution is -2.42. The molecule has 162 valence electrons. The van der Waals surface area contributed by atoms with Crippen molar-refractivity contribution in [1.82, 2.24) is 4.90 Å². The van der Waals surface area contributed by atoms with Gasteiger partial charge in [0.1, 0.15) is 30.3 Å². The van der Waals surface area contributed by atoms with Crippen LogP contribution in [0.15, 0.2) is 83.3 Å². The van der Waals surface area contributed by atoms with Crippen molar-refractivity contribution in [3.8, 4) is 11.5 Å². The lowest BCUT2D eigenvalue weighted by Gasteiger charge is -2.32. The summed E-state index contributed by atoms with van der Waals surface area (Å²) in [7, 11) is 0. The molecule has 2 unspecified atom stereocenters. The van der Waals surface area contributed by atoms with Gasteiger partial charge < -0.3 is 14.6 Å². The van der Waals surface area contributed by atoms with E-state index in [1.54, 1.807) is 0 Å². The Morgan fingerprint density at radius 1 is 1.03 bits per heavy atom. The predicted molar refractivity (Wildman–Crippen MR) is 127 cm³/mol. The fourth-order valence-electron chi connectivity index (χ4n) is 3.94. The molecule has 3 aromatic rings. The number of benzene rings is 3. The summed E-state index contributed by atoms with van der Waals surface area (Å²) in [5.74, 6) is 1.74. The second-order valence-electron chi connectivity index (χ2n) is 7.99. The van der Waals surface area contributed by atoms with E-state index in [1.807, 2.05) is 60.7 Å². The highest BCUT2D eigenvalue weighted by atomic mass is 79.9. The number of hydrogen-bond acceptors (Lipinski definition) is 4. The molecule has 0 amide bonds. The first-order chi connectivity index (χ1) is 15.2. The Bertz CT molecular complexity index is 951. The van der Waals surface area contributed by atoms with Gasteiger partial charge >= 0.3 is 0 Å². The molecule has 0 saturated heterocycles. The summed E-state index contributed by atoms with van der Waals surface area (Å²) >= 11 is 3.54. The summed E-state index contributed by atoms with van der Waals surface area (Å²) in [6.07, 6.45) is 1.47. The van der Waals surface area contributed by atoms with Crippen molar-refractivity contribution in [2.75, 3.05) is 19.7 Å². The molecule has 1 heterocycles. The van der Waals surface area contributed by atoms with Gasteiger partial charge in [-0.1, -0.05) is 64.5 Å². The zero-order valence-corrected chi connectivity index (χ0v) is 19.1. The van der Waals surface area contributed by atoms with Gasteiger partial charge in [0.15, 0.2) is 0 Å². The zero-order chi connectivity index (χ0) is 21.5. The first-order valence-electron chi connectivity index (χ1n) is 10.7. The summed E-state index contributed by atoms with van der Waals surface area (Å²) in [4.78, 5) is 2.27. The maximum atomic E-state index is 10.7. The molecule has 0 radical (unpaired) electrons. The fourth-order valence-corrected chi connectivity index (χ4v) is 4.34. The molecule has 1 aliphatic rings. The van der Waals surface area contributed by atoms with Crippen LogP contribution in [0.4, 0.5) is 0 Å². The van der Waals surface area contributed by atoms with Gasteiger partial charge in [0.2, 0.25) is 0 Å². The molecule has 31 heavy (non-hydrogen) atoms. The van der Waals surface area contributed by atoms with Gasteiger partial charge in [0.25, 0.3) is 0 Å². The number of hydrogen-bond donors (Lipinski definition) is 1. The highest BCUT2D eigenvalue weighted by molar-refractivity contribution is 9.10. The van der Waals surface area contributed by atoms with Crippen molar-refractivity contribution in [3.63, 3.8) is 0 Å². The number of aliphatic hydroxyl groups excluding tert-OH is 1. The van der Waals surface area contributed by atoms with Crippen LogP contribution in [0.1, 0.15) is 17.5 Å². The summed E-state index contributed by atoms with van der Waals surface area (Å²) in [6.45, 7) is 2.30. The van der Waals surface area contributed by atoms with Crippen LogP contribution in [0.5, 0.6) is 11.5 Å². The minimum absolute atomic E-state index is 0.0969. The van der Waals surface area contributed by atoms with E-state index in [4.69, 9.17) is 9.47 Å². The lowest BCUT2D eigenvalue weighted by atomic mass is 10.0. The average molecular weight is 482 g/mol. The van der Waals surface area contributed by atoms with Crippen LogP contribution in [0, 0.1) is 0 Å². The van der Waals surface area contributed by atoms with Crippen LogP contribution in [-0.4, -0.2) is 41.9 Å². The van der Waals surface area contributed by atoms with E-state index < -0.39 is 6.10 Å². The summed E-state index contributed by atoms with van der Waals surface area (Å²) < 4.78 is 13.1. The highest BCUT2D eigenvalue weighted by Gasteiger charge is 2.24. The van der Waals surface area contributed by atoms with E-state index in [0.717, 1.165) is 41.9 Å². The summed E-state index contributed by atoms with van der Waals surface area (Å²) in [5, 5.41) is 10.7. The Kier molecular flexibility index (Phi) is 7.62. The number of para-hydroxylation sites is 1. The number of ether oxygens (including phenoxy) is 2. The van der Waals surface area contributed by atoms with Gasteiger partial charge in [0, 0.05) is 24.1 Å². The van der Waals surface area contributed by atoms with E-state index in [9.17, 15) is 5.11 Å². The third-order valence-corrected chi connectivity index (χ3v) is 5.91. The van der Waals surface area contributed by atoms with E-state index >= 15 is 0 Å². The lowest BCUT2D eigenvalue weighted by molar-refractivity contribution is 0.0434. The van der Waals surface area contributed by atoms with Crippen LogP contribution >= 0.6 is 15.9 Å². The maximum absolute atomic E-state index is 10.7.